The maximum Gasteiger partial charge on any atom is 0.410 e. The predicted molar refractivity (Wildman–Crippen MR) is 115 cm³/mol. The van der Waals surface area contributed by atoms with E-state index in [0.717, 1.165) is 51.4 Å². The molecular weight excluding hydrogens is 364 g/mol. The number of likely N-dealkylation sites (tertiary alicyclic amines) is 1. The molecule has 2 heterocycles. The lowest BCUT2D eigenvalue weighted by Gasteiger charge is -2.34. The first-order valence-corrected chi connectivity index (χ1v) is 10.5. The third kappa shape index (κ3) is 6.60. The van der Waals surface area contributed by atoms with E-state index in [4.69, 9.17) is 4.74 Å². The number of imidazole rings is 1. The lowest BCUT2D eigenvalue weighted by molar-refractivity contribution is 0.0172. The molecule has 0 unspecified atom stereocenters. The van der Waals surface area contributed by atoms with Gasteiger partial charge in [0.1, 0.15) is 11.4 Å². The molecule has 0 atom stereocenters. The number of amides is 1. The Kier molecular flexibility index (Phi) is 6.96. The van der Waals surface area contributed by atoms with Crippen molar-refractivity contribution in [3.8, 4) is 0 Å². The molecule has 29 heavy (non-hydrogen) atoms. The third-order valence-electron chi connectivity index (χ3n) is 5.24. The van der Waals surface area contributed by atoms with Gasteiger partial charge in [0.15, 0.2) is 0 Å². The fourth-order valence-corrected chi connectivity index (χ4v) is 3.79. The molecule has 0 bridgehead atoms. The maximum atomic E-state index is 12.2. The number of benzene rings is 1. The highest BCUT2D eigenvalue weighted by molar-refractivity contribution is 5.68. The molecule has 1 aliphatic rings. The fourth-order valence-electron chi connectivity index (χ4n) is 3.79. The van der Waals surface area contributed by atoms with Crippen LogP contribution in [0.5, 0.6) is 0 Å². The number of aromatic nitrogens is 2. The second-order valence-electron chi connectivity index (χ2n) is 9.06. The standard InChI is InChI=1S/C23H34N4O2/c1-23(2,3)29-22(28)26-13-10-20(11-14-26)16-25(4)18-21-24-12-15-27(21)17-19-8-6-5-7-9-19/h5-9,12,15,20H,10-11,13-14,16-18H2,1-4H3. The minimum Gasteiger partial charge on any atom is -0.444 e. The molecule has 3 rings (SSSR count). The molecule has 1 aromatic heterocycles. The monoisotopic (exact) mass is 398 g/mol. The van der Waals surface area contributed by atoms with Crippen molar-refractivity contribution in [2.24, 2.45) is 5.92 Å². The zero-order valence-electron chi connectivity index (χ0n) is 18.2. The molecule has 0 aliphatic carbocycles. The first kappa shape index (κ1) is 21.4. The van der Waals surface area contributed by atoms with E-state index in [1.54, 1.807) is 0 Å². The van der Waals surface area contributed by atoms with Crippen LogP contribution in [0.15, 0.2) is 42.7 Å². The van der Waals surface area contributed by atoms with Crippen LogP contribution in [0.1, 0.15) is 45.0 Å². The number of carbonyl (C=O) groups is 1. The number of ether oxygens (including phenoxy) is 1. The Hall–Kier alpha value is -2.34. The average molecular weight is 399 g/mol. The summed E-state index contributed by atoms with van der Waals surface area (Å²) >= 11 is 0. The number of nitrogens with zero attached hydrogens (tertiary/aromatic N) is 4. The first-order chi connectivity index (χ1) is 13.8. The number of carbonyl (C=O) groups excluding carboxylic acids is 1. The second kappa shape index (κ2) is 9.44. The smallest absolute Gasteiger partial charge is 0.410 e. The Morgan fingerprint density at radius 2 is 1.90 bits per heavy atom. The summed E-state index contributed by atoms with van der Waals surface area (Å²) < 4.78 is 7.71. The van der Waals surface area contributed by atoms with Crippen molar-refractivity contribution in [3.05, 3.63) is 54.1 Å². The highest BCUT2D eigenvalue weighted by atomic mass is 16.6. The minimum absolute atomic E-state index is 0.188. The number of hydrogen-bond donors (Lipinski definition) is 0. The Morgan fingerprint density at radius 3 is 2.55 bits per heavy atom. The zero-order valence-corrected chi connectivity index (χ0v) is 18.2. The molecule has 2 aromatic rings. The Balaban J connectivity index is 1.46. The van der Waals surface area contributed by atoms with Crippen molar-refractivity contribution < 1.29 is 9.53 Å². The summed E-state index contributed by atoms with van der Waals surface area (Å²) in [6, 6.07) is 10.5. The Labute approximate surface area is 174 Å². The molecule has 158 valence electrons. The summed E-state index contributed by atoms with van der Waals surface area (Å²) in [5.41, 5.74) is 0.847. The highest BCUT2D eigenvalue weighted by Gasteiger charge is 2.27. The van der Waals surface area contributed by atoms with Crippen LogP contribution in [0.3, 0.4) is 0 Å². The molecule has 1 fully saturated rings. The van der Waals surface area contributed by atoms with Gasteiger partial charge < -0.3 is 14.2 Å². The normalized spacial score (nSPS) is 15.7. The van der Waals surface area contributed by atoms with Crippen LogP contribution in [0.25, 0.3) is 0 Å². The highest BCUT2D eigenvalue weighted by Crippen LogP contribution is 2.21. The summed E-state index contributed by atoms with van der Waals surface area (Å²) in [4.78, 5) is 21.0. The summed E-state index contributed by atoms with van der Waals surface area (Å²) in [5, 5.41) is 0. The van der Waals surface area contributed by atoms with E-state index in [0.29, 0.717) is 5.92 Å². The number of rotatable bonds is 6. The third-order valence-corrected chi connectivity index (χ3v) is 5.24. The summed E-state index contributed by atoms with van der Waals surface area (Å²) in [6.07, 6.45) is 5.78. The van der Waals surface area contributed by atoms with Gasteiger partial charge in [0, 0.05) is 38.6 Å². The fraction of sp³-hybridized carbons (Fsp3) is 0.565. The van der Waals surface area contributed by atoms with Gasteiger partial charge in [-0.2, -0.15) is 0 Å². The number of hydrogen-bond acceptors (Lipinski definition) is 4. The molecule has 0 spiro atoms. The topological polar surface area (TPSA) is 50.6 Å². The lowest BCUT2D eigenvalue weighted by Crippen LogP contribution is -2.43. The van der Waals surface area contributed by atoms with Gasteiger partial charge in [0.2, 0.25) is 0 Å². The van der Waals surface area contributed by atoms with Gasteiger partial charge in [-0.1, -0.05) is 30.3 Å². The van der Waals surface area contributed by atoms with Gasteiger partial charge in [-0.25, -0.2) is 9.78 Å². The molecule has 6 nitrogen and oxygen atoms in total. The molecule has 1 amide bonds. The molecule has 1 saturated heterocycles. The lowest BCUT2D eigenvalue weighted by atomic mass is 9.96. The molecule has 0 N–H and O–H groups in total. The minimum atomic E-state index is -0.435. The summed E-state index contributed by atoms with van der Waals surface area (Å²) in [6.45, 7) is 9.97. The van der Waals surface area contributed by atoms with E-state index in [1.807, 2.05) is 37.9 Å². The van der Waals surface area contributed by atoms with Crippen molar-refractivity contribution in [2.75, 3.05) is 26.7 Å². The zero-order chi connectivity index (χ0) is 20.9. The van der Waals surface area contributed by atoms with E-state index in [2.05, 4.69) is 52.0 Å². The first-order valence-electron chi connectivity index (χ1n) is 10.5. The SMILES string of the molecule is CN(Cc1nccn1Cc1ccccc1)CC1CCN(C(=O)OC(C)(C)C)CC1. The molecule has 0 saturated carbocycles. The summed E-state index contributed by atoms with van der Waals surface area (Å²) in [5.74, 6) is 1.68. The van der Waals surface area contributed by atoms with Crippen molar-refractivity contribution in [2.45, 2.75) is 52.3 Å². The Bertz CT molecular complexity index is 774. The summed E-state index contributed by atoms with van der Waals surface area (Å²) in [7, 11) is 2.15. The van der Waals surface area contributed by atoms with E-state index >= 15 is 0 Å². The van der Waals surface area contributed by atoms with Crippen molar-refractivity contribution in [1.29, 1.82) is 0 Å². The van der Waals surface area contributed by atoms with Gasteiger partial charge >= 0.3 is 6.09 Å². The van der Waals surface area contributed by atoms with Crippen LogP contribution < -0.4 is 0 Å². The van der Waals surface area contributed by atoms with Crippen LogP contribution in [-0.2, 0) is 17.8 Å². The Morgan fingerprint density at radius 1 is 1.21 bits per heavy atom. The van der Waals surface area contributed by atoms with Gasteiger partial charge in [-0.15, -0.1) is 0 Å². The predicted octanol–water partition coefficient (Wildman–Crippen LogP) is 4.01. The van der Waals surface area contributed by atoms with Crippen molar-refractivity contribution >= 4 is 6.09 Å². The van der Waals surface area contributed by atoms with Crippen LogP contribution in [-0.4, -0.2) is 57.7 Å². The van der Waals surface area contributed by atoms with Gasteiger partial charge in [0.25, 0.3) is 0 Å². The molecule has 1 aliphatic heterocycles. The number of piperidine rings is 1. The van der Waals surface area contributed by atoms with E-state index in [-0.39, 0.29) is 6.09 Å². The van der Waals surface area contributed by atoms with Crippen LogP contribution in [0.2, 0.25) is 0 Å². The average Bonchev–Trinajstić information content (AvgIpc) is 3.08. The maximum absolute atomic E-state index is 12.2. The van der Waals surface area contributed by atoms with E-state index < -0.39 is 5.60 Å². The molecular formula is C23H34N4O2. The van der Waals surface area contributed by atoms with Gasteiger partial charge in [0.05, 0.1) is 6.54 Å². The van der Waals surface area contributed by atoms with Crippen molar-refractivity contribution in [3.63, 3.8) is 0 Å². The molecule has 1 aromatic carbocycles. The van der Waals surface area contributed by atoms with Crippen LogP contribution in [0, 0.1) is 5.92 Å². The van der Waals surface area contributed by atoms with Crippen LogP contribution in [0.4, 0.5) is 4.79 Å². The van der Waals surface area contributed by atoms with Crippen molar-refractivity contribution in [1.82, 2.24) is 19.4 Å². The van der Waals surface area contributed by atoms with E-state index in [1.165, 1.54) is 5.56 Å². The quantitative estimate of drug-likeness (QED) is 0.738. The second-order valence-corrected chi connectivity index (χ2v) is 9.06. The molecule has 0 radical (unpaired) electrons. The largest absolute Gasteiger partial charge is 0.444 e. The van der Waals surface area contributed by atoms with E-state index in [9.17, 15) is 4.79 Å². The molecule has 6 heteroatoms. The van der Waals surface area contributed by atoms with Gasteiger partial charge in [-0.3, -0.25) is 4.90 Å². The van der Waals surface area contributed by atoms with Gasteiger partial charge in [-0.05, 0) is 52.1 Å². The van der Waals surface area contributed by atoms with Crippen LogP contribution >= 0.6 is 0 Å².